The summed E-state index contributed by atoms with van der Waals surface area (Å²) in [7, 11) is -3.69. The first kappa shape index (κ1) is 18.6. The lowest BCUT2D eigenvalue weighted by molar-refractivity contribution is -0.0965. The van der Waals surface area contributed by atoms with Crippen LogP contribution in [0.3, 0.4) is 0 Å². The Morgan fingerprint density at radius 1 is 1.23 bits per heavy atom. The summed E-state index contributed by atoms with van der Waals surface area (Å²) < 4.78 is 38.1. The average Bonchev–Trinajstić information content (AvgIpc) is 3.02. The average molecular weight is 378 g/mol. The van der Waals surface area contributed by atoms with Crippen LogP contribution in [-0.2, 0) is 21.3 Å². The highest BCUT2D eigenvalue weighted by Gasteiger charge is 2.34. The predicted molar refractivity (Wildman–Crippen MR) is 95.2 cm³/mol. The minimum Gasteiger partial charge on any atom is -0.465 e. The first-order chi connectivity index (χ1) is 12.3. The number of sulfonamides is 1. The van der Waals surface area contributed by atoms with Crippen LogP contribution in [0.25, 0.3) is 0 Å². The number of nitrogens with one attached hydrogen (secondary N) is 2. The molecule has 0 spiro atoms. The molecule has 0 radical (unpaired) electrons. The van der Waals surface area contributed by atoms with E-state index in [1.54, 1.807) is 18.2 Å². The van der Waals surface area contributed by atoms with Gasteiger partial charge in [-0.05, 0) is 37.3 Å². The van der Waals surface area contributed by atoms with Gasteiger partial charge < -0.3 is 14.5 Å². The Labute approximate surface area is 152 Å². The number of furan rings is 1. The molecule has 140 valence electrons. The van der Waals surface area contributed by atoms with Crippen molar-refractivity contribution in [2.24, 2.45) is 5.41 Å². The smallest absolute Gasteiger partial charge is 0.251 e. The Morgan fingerprint density at radius 2 is 2.00 bits per heavy atom. The summed E-state index contributed by atoms with van der Waals surface area (Å²) in [5.41, 5.74) is 0.0952. The number of ether oxygens (including phenoxy) is 1. The second-order valence-electron chi connectivity index (χ2n) is 6.85. The van der Waals surface area contributed by atoms with E-state index < -0.39 is 10.0 Å². The van der Waals surface area contributed by atoms with E-state index in [1.165, 1.54) is 12.1 Å². The van der Waals surface area contributed by atoms with E-state index in [1.807, 2.05) is 19.9 Å². The number of hydrogen-bond donors (Lipinski definition) is 2. The van der Waals surface area contributed by atoms with Gasteiger partial charge in [0.25, 0.3) is 5.91 Å². The highest BCUT2D eigenvalue weighted by Crippen LogP contribution is 2.26. The maximum Gasteiger partial charge on any atom is 0.251 e. The maximum atomic E-state index is 12.5. The molecule has 2 aromatic rings. The Morgan fingerprint density at radius 3 is 2.62 bits per heavy atom. The topological polar surface area (TPSA) is 97.6 Å². The van der Waals surface area contributed by atoms with Gasteiger partial charge in [0, 0.05) is 17.5 Å². The Kier molecular flexibility index (Phi) is 5.17. The van der Waals surface area contributed by atoms with Crippen molar-refractivity contribution in [2.75, 3.05) is 19.8 Å². The second kappa shape index (κ2) is 7.22. The van der Waals surface area contributed by atoms with Crippen molar-refractivity contribution in [3.05, 3.63) is 53.5 Å². The fraction of sp³-hybridized carbons (Fsp3) is 0.389. The molecule has 26 heavy (non-hydrogen) atoms. The Bertz CT molecular complexity index is 900. The summed E-state index contributed by atoms with van der Waals surface area (Å²) in [4.78, 5) is 12.4. The van der Waals surface area contributed by atoms with Crippen molar-refractivity contribution in [2.45, 2.75) is 25.3 Å². The van der Waals surface area contributed by atoms with Crippen LogP contribution in [0.2, 0.25) is 0 Å². The van der Waals surface area contributed by atoms with E-state index in [0.717, 1.165) is 5.76 Å². The summed E-state index contributed by atoms with van der Waals surface area (Å²) in [6.07, 6.45) is 0. The number of rotatable bonds is 7. The molecule has 7 nitrogen and oxygen atoms in total. The van der Waals surface area contributed by atoms with Gasteiger partial charge in [-0.3, -0.25) is 4.79 Å². The van der Waals surface area contributed by atoms with Crippen molar-refractivity contribution in [1.29, 1.82) is 0 Å². The number of aryl methyl sites for hydroxylation is 1. The zero-order chi connectivity index (χ0) is 18.8. The highest BCUT2D eigenvalue weighted by atomic mass is 32.2. The van der Waals surface area contributed by atoms with Gasteiger partial charge in [0.2, 0.25) is 10.0 Å². The van der Waals surface area contributed by atoms with Gasteiger partial charge in [0.1, 0.15) is 11.5 Å². The third-order valence-electron chi connectivity index (χ3n) is 4.22. The summed E-state index contributed by atoms with van der Waals surface area (Å²) in [6.45, 7) is 5.38. The lowest BCUT2D eigenvalue weighted by atomic mass is 9.89. The summed E-state index contributed by atoms with van der Waals surface area (Å²) in [6, 6.07) is 9.55. The number of carbonyl (C=O) groups excluding carboxylic acids is 1. The number of amides is 1. The molecule has 1 amide bonds. The molecule has 1 aromatic heterocycles. The molecule has 2 heterocycles. The quantitative estimate of drug-likeness (QED) is 0.766. The van der Waals surface area contributed by atoms with Gasteiger partial charge in [-0.2, -0.15) is 0 Å². The lowest BCUT2D eigenvalue weighted by Gasteiger charge is -2.37. The van der Waals surface area contributed by atoms with Gasteiger partial charge >= 0.3 is 0 Å². The molecule has 0 unspecified atom stereocenters. The van der Waals surface area contributed by atoms with Crippen molar-refractivity contribution >= 4 is 15.9 Å². The molecule has 8 heteroatoms. The summed E-state index contributed by atoms with van der Waals surface area (Å²) in [5, 5.41) is 2.72. The van der Waals surface area contributed by atoms with Crippen LogP contribution in [0.4, 0.5) is 0 Å². The zero-order valence-electron chi connectivity index (χ0n) is 14.7. The molecular weight excluding hydrogens is 356 g/mol. The third kappa shape index (κ3) is 4.32. The van der Waals surface area contributed by atoms with E-state index in [0.29, 0.717) is 25.5 Å². The molecular formula is C18H22N2O5S. The van der Waals surface area contributed by atoms with E-state index >= 15 is 0 Å². The minimum absolute atomic E-state index is 0.0582. The van der Waals surface area contributed by atoms with Crippen LogP contribution in [-0.4, -0.2) is 34.1 Å². The molecule has 0 aliphatic carbocycles. The third-order valence-corrected chi connectivity index (χ3v) is 5.61. The van der Waals surface area contributed by atoms with Crippen molar-refractivity contribution < 1.29 is 22.4 Å². The molecule has 0 bridgehead atoms. The lowest BCUT2D eigenvalue weighted by Crippen LogP contribution is -2.48. The van der Waals surface area contributed by atoms with E-state index in [4.69, 9.17) is 9.15 Å². The first-order valence-corrected chi connectivity index (χ1v) is 9.77. The standard InChI is InChI=1S/C18H22N2O5S/c1-13-6-7-15(25-13)9-19-17(21)14-4-3-5-16(8-14)26(22,23)20-10-18(2)11-24-12-18/h3-8,20H,9-12H2,1-2H3,(H,19,21). The van der Waals surface area contributed by atoms with Crippen molar-refractivity contribution in [3.63, 3.8) is 0 Å². The minimum atomic E-state index is -3.69. The SMILES string of the molecule is Cc1ccc(CNC(=O)c2cccc(S(=O)(=O)NCC3(C)COC3)c2)o1. The first-order valence-electron chi connectivity index (χ1n) is 8.28. The van der Waals surface area contributed by atoms with Crippen LogP contribution in [0.1, 0.15) is 28.8 Å². The number of benzene rings is 1. The van der Waals surface area contributed by atoms with Crippen LogP contribution in [0, 0.1) is 12.3 Å². The van der Waals surface area contributed by atoms with Gasteiger partial charge in [0.15, 0.2) is 0 Å². The summed E-state index contributed by atoms with van der Waals surface area (Å²) in [5.74, 6) is 1.03. The van der Waals surface area contributed by atoms with Crippen molar-refractivity contribution in [3.8, 4) is 0 Å². The van der Waals surface area contributed by atoms with Gasteiger partial charge in [-0.25, -0.2) is 13.1 Å². The van der Waals surface area contributed by atoms with Crippen LogP contribution >= 0.6 is 0 Å². The fourth-order valence-corrected chi connectivity index (χ4v) is 3.80. The van der Waals surface area contributed by atoms with E-state index in [2.05, 4.69) is 10.0 Å². The largest absolute Gasteiger partial charge is 0.465 e. The van der Waals surface area contributed by atoms with E-state index in [9.17, 15) is 13.2 Å². The molecule has 1 saturated heterocycles. The highest BCUT2D eigenvalue weighted by molar-refractivity contribution is 7.89. The molecule has 2 N–H and O–H groups in total. The molecule has 1 aliphatic rings. The number of hydrogen-bond acceptors (Lipinski definition) is 5. The normalized spacial score (nSPS) is 16.1. The van der Waals surface area contributed by atoms with Crippen LogP contribution < -0.4 is 10.0 Å². The maximum absolute atomic E-state index is 12.5. The Balaban J connectivity index is 1.65. The molecule has 0 atom stereocenters. The molecule has 0 saturated carbocycles. The predicted octanol–water partition coefficient (Wildman–Crippen LogP) is 1.83. The molecule has 3 rings (SSSR count). The molecule has 1 aromatic carbocycles. The Hall–Kier alpha value is -2.16. The van der Waals surface area contributed by atoms with Gasteiger partial charge in [-0.15, -0.1) is 0 Å². The van der Waals surface area contributed by atoms with Gasteiger partial charge in [0.05, 0.1) is 24.7 Å². The van der Waals surface area contributed by atoms with Crippen molar-refractivity contribution in [1.82, 2.24) is 10.0 Å². The zero-order valence-corrected chi connectivity index (χ0v) is 15.6. The molecule has 1 fully saturated rings. The number of carbonyl (C=O) groups is 1. The fourth-order valence-electron chi connectivity index (χ4n) is 2.56. The van der Waals surface area contributed by atoms with Crippen LogP contribution in [0.15, 0.2) is 45.7 Å². The molecule has 1 aliphatic heterocycles. The monoisotopic (exact) mass is 378 g/mol. The second-order valence-corrected chi connectivity index (χ2v) is 8.62. The van der Waals surface area contributed by atoms with Crippen LogP contribution in [0.5, 0.6) is 0 Å². The summed E-state index contributed by atoms with van der Waals surface area (Å²) >= 11 is 0. The van der Waals surface area contributed by atoms with Gasteiger partial charge in [-0.1, -0.05) is 13.0 Å². The van der Waals surface area contributed by atoms with E-state index in [-0.39, 0.29) is 28.3 Å².